The number of nitrogens with two attached hydrogens (primary N) is 1. The third-order valence-electron chi connectivity index (χ3n) is 5.18. The largest absolute Gasteiger partial charge is 0.330 e. The molecule has 0 aromatic carbocycles. The van der Waals surface area contributed by atoms with Gasteiger partial charge in [0.15, 0.2) is 0 Å². The second kappa shape index (κ2) is 8.91. The Kier molecular flexibility index (Phi) is 7.89. The minimum atomic E-state index is 0.138. The molecular formula is C21H39N. The number of allylic oxidation sites excluding steroid dienone is 3. The van der Waals surface area contributed by atoms with Crippen LogP contribution in [0.4, 0.5) is 0 Å². The van der Waals surface area contributed by atoms with Crippen molar-refractivity contribution in [1.29, 1.82) is 0 Å². The van der Waals surface area contributed by atoms with Crippen molar-refractivity contribution in [2.24, 2.45) is 17.1 Å². The molecule has 2 N–H and O–H groups in total. The van der Waals surface area contributed by atoms with Crippen LogP contribution in [0.1, 0.15) is 92.9 Å². The van der Waals surface area contributed by atoms with Crippen LogP contribution in [-0.2, 0) is 0 Å². The molecule has 0 spiro atoms. The van der Waals surface area contributed by atoms with Crippen LogP contribution in [0.5, 0.6) is 0 Å². The van der Waals surface area contributed by atoms with E-state index in [-0.39, 0.29) is 5.41 Å². The van der Waals surface area contributed by atoms with E-state index in [4.69, 9.17) is 5.73 Å². The summed E-state index contributed by atoms with van der Waals surface area (Å²) in [7, 11) is 0. The normalized spacial score (nSPS) is 19.5. The summed E-state index contributed by atoms with van der Waals surface area (Å²) in [5.41, 5.74) is 13.2. The molecule has 22 heavy (non-hydrogen) atoms. The molecule has 1 nitrogen and oxygen atoms in total. The second-order valence-corrected chi connectivity index (χ2v) is 7.58. The quantitative estimate of drug-likeness (QED) is 0.497. The third kappa shape index (κ3) is 4.04. The van der Waals surface area contributed by atoms with Crippen molar-refractivity contribution in [2.45, 2.75) is 92.9 Å². The molecular weight excluding hydrogens is 266 g/mol. The van der Waals surface area contributed by atoms with Gasteiger partial charge in [-0.1, -0.05) is 78.4 Å². The fraction of sp³-hybridized carbons (Fsp3) is 0.810. The summed E-state index contributed by atoms with van der Waals surface area (Å²) < 4.78 is 0. The van der Waals surface area contributed by atoms with E-state index in [9.17, 15) is 0 Å². The van der Waals surface area contributed by atoms with Gasteiger partial charge in [-0.2, -0.15) is 0 Å². The number of rotatable bonds is 10. The first kappa shape index (κ1) is 19.5. The molecule has 0 aromatic heterocycles. The van der Waals surface area contributed by atoms with Crippen LogP contribution in [0.15, 0.2) is 22.3 Å². The van der Waals surface area contributed by atoms with Crippen molar-refractivity contribution in [3.63, 3.8) is 0 Å². The zero-order valence-corrected chi connectivity index (χ0v) is 16.0. The van der Waals surface area contributed by atoms with Crippen LogP contribution >= 0.6 is 0 Å². The van der Waals surface area contributed by atoms with Crippen molar-refractivity contribution in [3.8, 4) is 0 Å². The van der Waals surface area contributed by atoms with E-state index in [0.717, 1.165) is 6.54 Å². The van der Waals surface area contributed by atoms with Crippen molar-refractivity contribution >= 4 is 0 Å². The van der Waals surface area contributed by atoms with E-state index in [1.54, 1.807) is 22.3 Å². The van der Waals surface area contributed by atoms with Crippen LogP contribution in [-0.4, -0.2) is 6.54 Å². The summed E-state index contributed by atoms with van der Waals surface area (Å²) >= 11 is 0. The topological polar surface area (TPSA) is 26.0 Å². The highest BCUT2D eigenvalue weighted by molar-refractivity contribution is 5.52. The van der Waals surface area contributed by atoms with Gasteiger partial charge in [0.25, 0.3) is 0 Å². The molecule has 0 aromatic rings. The van der Waals surface area contributed by atoms with Crippen LogP contribution < -0.4 is 5.73 Å². The highest BCUT2D eigenvalue weighted by Crippen LogP contribution is 2.51. The summed E-state index contributed by atoms with van der Waals surface area (Å²) in [5, 5.41) is 0. The summed E-state index contributed by atoms with van der Waals surface area (Å²) in [6, 6.07) is 0. The maximum Gasteiger partial charge on any atom is 0.00245 e. The molecule has 1 unspecified atom stereocenters. The Morgan fingerprint density at radius 2 is 1.36 bits per heavy atom. The van der Waals surface area contributed by atoms with Gasteiger partial charge in [0.2, 0.25) is 0 Å². The maximum atomic E-state index is 6.19. The van der Waals surface area contributed by atoms with Crippen molar-refractivity contribution in [1.82, 2.24) is 0 Å². The molecule has 1 aliphatic rings. The van der Waals surface area contributed by atoms with Crippen molar-refractivity contribution < 1.29 is 0 Å². The molecule has 0 fully saturated rings. The Bertz CT molecular complexity index is 412. The van der Waals surface area contributed by atoms with Gasteiger partial charge >= 0.3 is 0 Å². The molecule has 0 amide bonds. The molecule has 0 saturated carbocycles. The molecule has 1 heteroatoms. The highest BCUT2D eigenvalue weighted by atomic mass is 14.6. The predicted molar refractivity (Wildman–Crippen MR) is 100 cm³/mol. The molecule has 128 valence electrons. The van der Waals surface area contributed by atoms with Gasteiger partial charge in [0, 0.05) is 12.5 Å². The summed E-state index contributed by atoms with van der Waals surface area (Å²) in [6.07, 6.45) is 10.1. The Morgan fingerprint density at radius 1 is 0.818 bits per heavy atom. The van der Waals surface area contributed by atoms with E-state index < -0.39 is 0 Å². The minimum Gasteiger partial charge on any atom is -0.330 e. The lowest BCUT2D eigenvalue weighted by Crippen LogP contribution is -2.30. The lowest BCUT2D eigenvalue weighted by atomic mass is 9.73. The fourth-order valence-electron chi connectivity index (χ4n) is 4.24. The van der Waals surface area contributed by atoms with Crippen molar-refractivity contribution in [3.05, 3.63) is 22.3 Å². The zero-order valence-electron chi connectivity index (χ0n) is 16.0. The lowest BCUT2D eigenvalue weighted by Gasteiger charge is -2.32. The van der Waals surface area contributed by atoms with Gasteiger partial charge in [-0.3, -0.25) is 0 Å². The lowest BCUT2D eigenvalue weighted by molar-refractivity contribution is 0.399. The van der Waals surface area contributed by atoms with Gasteiger partial charge in [-0.25, -0.2) is 0 Å². The monoisotopic (exact) mass is 305 g/mol. The van der Waals surface area contributed by atoms with Gasteiger partial charge in [-0.05, 0) is 42.2 Å². The van der Waals surface area contributed by atoms with Crippen LogP contribution in [0.2, 0.25) is 0 Å². The average molecular weight is 306 g/mol. The predicted octanol–water partition coefficient (Wildman–Crippen LogP) is 6.39. The Hall–Kier alpha value is -0.560. The van der Waals surface area contributed by atoms with E-state index in [1.165, 1.54) is 51.4 Å². The van der Waals surface area contributed by atoms with Gasteiger partial charge in [-0.15, -0.1) is 0 Å². The van der Waals surface area contributed by atoms with Crippen LogP contribution in [0.25, 0.3) is 0 Å². The Labute approximate surface area is 139 Å². The molecule has 0 heterocycles. The molecule has 1 aliphatic carbocycles. The SMILES string of the molecule is CCCC1=C(CCC)C(CCC)C(C(C)(C)CN)=C1CCC. The first-order chi connectivity index (χ1) is 10.5. The summed E-state index contributed by atoms with van der Waals surface area (Å²) in [6.45, 7) is 14.8. The Balaban J connectivity index is 3.43. The highest BCUT2D eigenvalue weighted by Gasteiger charge is 2.38. The molecule has 0 radical (unpaired) electrons. The number of hydrogen-bond donors (Lipinski definition) is 1. The smallest absolute Gasteiger partial charge is 0.00245 e. The van der Waals surface area contributed by atoms with E-state index in [0.29, 0.717) is 5.92 Å². The van der Waals surface area contributed by atoms with E-state index in [1.807, 2.05) is 0 Å². The second-order valence-electron chi connectivity index (χ2n) is 7.58. The molecule has 0 saturated heterocycles. The average Bonchev–Trinajstić information content (AvgIpc) is 2.76. The molecule has 1 atom stereocenters. The molecule has 0 bridgehead atoms. The maximum absolute atomic E-state index is 6.19. The van der Waals surface area contributed by atoms with Crippen LogP contribution in [0, 0.1) is 11.3 Å². The van der Waals surface area contributed by atoms with Crippen molar-refractivity contribution in [2.75, 3.05) is 6.54 Å². The van der Waals surface area contributed by atoms with Gasteiger partial charge in [0.05, 0.1) is 0 Å². The summed E-state index contributed by atoms with van der Waals surface area (Å²) in [4.78, 5) is 0. The van der Waals surface area contributed by atoms with E-state index in [2.05, 4.69) is 41.5 Å². The third-order valence-corrected chi connectivity index (χ3v) is 5.18. The molecule has 0 aliphatic heterocycles. The fourth-order valence-corrected chi connectivity index (χ4v) is 4.24. The van der Waals surface area contributed by atoms with Gasteiger partial charge < -0.3 is 5.73 Å². The minimum absolute atomic E-state index is 0.138. The standard InChI is InChI=1S/C21H39N/c1-7-11-16-17(12-8-2)19(14-10-4)20(18(16)13-9-3)21(5,6)15-22/h18H,7-15,22H2,1-6H3. The van der Waals surface area contributed by atoms with Crippen LogP contribution in [0.3, 0.4) is 0 Å². The molecule has 1 rings (SSSR count). The van der Waals surface area contributed by atoms with Gasteiger partial charge in [0.1, 0.15) is 0 Å². The Morgan fingerprint density at radius 3 is 1.82 bits per heavy atom. The van der Waals surface area contributed by atoms with E-state index >= 15 is 0 Å². The zero-order chi connectivity index (χ0) is 16.8. The first-order valence-corrected chi connectivity index (χ1v) is 9.64. The number of hydrogen-bond acceptors (Lipinski definition) is 1. The first-order valence-electron chi connectivity index (χ1n) is 9.64. The summed E-state index contributed by atoms with van der Waals surface area (Å²) in [5.74, 6) is 0.673.